The first kappa shape index (κ1) is 16.2. The van der Waals surface area contributed by atoms with Gasteiger partial charge in [0.2, 0.25) is 0 Å². The molecule has 1 N–H and O–H groups in total. The first-order chi connectivity index (χ1) is 9.72. The molecule has 0 unspecified atom stereocenters. The summed E-state index contributed by atoms with van der Waals surface area (Å²) in [6, 6.07) is 9.88. The molecule has 0 aliphatic heterocycles. The molecule has 0 radical (unpaired) electrons. The van der Waals surface area contributed by atoms with Crippen molar-refractivity contribution in [2.75, 3.05) is 0 Å². The smallest absolute Gasteiger partial charge is 0.303 e. The van der Waals surface area contributed by atoms with Crippen LogP contribution in [0.4, 0.5) is 0 Å². The molecule has 0 aliphatic carbocycles. The Labute approximate surface area is 120 Å². The van der Waals surface area contributed by atoms with Crippen molar-refractivity contribution < 1.29 is 14.6 Å². The highest BCUT2D eigenvalue weighted by atomic mass is 16.5. The summed E-state index contributed by atoms with van der Waals surface area (Å²) in [7, 11) is 0. The van der Waals surface area contributed by atoms with Crippen LogP contribution in [-0.4, -0.2) is 17.2 Å². The molecule has 3 heteroatoms. The van der Waals surface area contributed by atoms with E-state index in [9.17, 15) is 4.79 Å². The van der Waals surface area contributed by atoms with E-state index in [-0.39, 0.29) is 12.5 Å². The highest BCUT2D eigenvalue weighted by molar-refractivity contribution is 5.66. The second kappa shape index (κ2) is 9.98. The summed E-state index contributed by atoms with van der Waals surface area (Å²) in [5, 5.41) is 8.76. The summed E-state index contributed by atoms with van der Waals surface area (Å²) in [4.78, 5) is 10.7. The average molecular weight is 274 g/mol. The molecule has 0 bridgehead atoms. The third-order valence-electron chi connectivity index (χ3n) is 2.76. The fraction of sp³-hybridized carbons (Fsp3) is 0.353. The molecule has 0 fully saturated rings. The van der Waals surface area contributed by atoms with Gasteiger partial charge in [0, 0.05) is 6.42 Å². The van der Waals surface area contributed by atoms with E-state index in [2.05, 4.69) is 6.92 Å². The van der Waals surface area contributed by atoms with Crippen molar-refractivity contribution in [3.63, 3.8) is 0 Å². The zero-order valence-corrected chi connectivity index (χ0v) is 11.9. The lowest BCUT2D eigenvalue weighted by molar-refractivity contribution is -0.137. The van der Waals surface area contributed by atoms with E-state index in [0.29, 0.717) is 13.0 Å². The van der Waals surface area contributed by atoms with Crippen LogP contribution < -0.4 is 0 Å². The van der Waals surface area contributed by atoms with Crippen LogP contribution >= 0.6 is 0 Å². The molecule has 1 aromatic carbocycles. The van der Waals surface area contributed by atoms with Gasteiger partial charge in [0.25, 0.3) is 0 Å². The normalized spacial score (nSPS) is 13.1. The van der Waals surface area contributed by atoms with Crippen LogP contribution in [0.5, 0.6) is 0 Å². The van der Waals surface area contributed by atoms with Crippen molar-refractivity contribution in [3.8, 4) is 0 Å². The molecule has 0 aromatic heterocycles. The zero-order valence-electron chi connectivity index (χ0n) is 11.9. The Morgan fingerprint density at radius 1 is 1.30 bits per heavy atom. The number of rotatable bonds is 9. The van der Waals surface area contributed by atoms with E-state index in [1.165, 1.54) is 0 Å². The minimum Gasteiger partial charge on any atom is -0.481 e. The van der Waals surface area contributed by atoms with E-state index in [1.807, 2.05) is 54.6 Å². The van der Waals surface area contributed by atoms with Crippen LogP contribution in [0.3, 0.4) is 0 Å². The summed E-state index contributed by atoms with van der Waals surface area (Å²) in [5.74, 6) is -0.796. The van der Waals surface area contributed by atoms with Crippen molar-refractivity contribution in [3.05, 3.63) is 60.2 Å². The molecule has 0 aliphatic rings. The van der Waals surface area contributed by atoms with Crippen LogP contribution in [0.25, 0.3) is 0 Å². The number of aliphatic carboxylic acids is 1. The van der Waals surface area contributed by atoms with E-state index < -0.39 is 5.97 Å². The van der Waals surface area contributed by atoms with Crippen LogP contribution in [-0.2, 0) is 16.1 Å². The lowest BCUT2D eigenvalue weighted by Crippen LogP contribution is -2.12. The van der Waals surface area contributed by atoms with Gasteiger partial charge in [-0.2, -0.15) is 0 Å². The topological polar surface area (TPSA) is 46.5 Å². The minimum atomic E-state index is -0.796. The third kappa shape index (κ3) is 7.54. The van der Waals surface area contributed by atoms with Gasteiger partial charge < -0.3 is 9.84 Å². The average Bonchev–Trinajstić information content (AvgIpc) is 2.46. The van der Waals surface area contributed by atoms with Crippen LogP contribution in [0.2, 0.25) is 0 Å². The maximum atomic E-state index is 10.7. The summed E-state index contributed by atoms with van der Waals surface area (Å²) >= 11 is 0. The van der Waals surface area contributed by atoms with Crippen LogP contribution in [0.1, 0.15) is 31.7 Å². The molecule has 1 rings (SSSR count). The molecule has 0 amide bonds. The number of benzene rings is 1. The molecular weight excluding hydrogens is 252 g/mol. The lowest BCUT2D eigenvalue weighted by Gasteiger charge is -2.13. The first-order valence-corrected chi connectivity index (χ1v) is 6.93. The summed E-state index contributed by atoms with van der Waals surface area (Å²) < 4.78 is 5.77. The van der Waals surface area contributed by atoms with E-state index >= 15 is 0 Å². The number of ether oxygens (including phenoxy) is 1. The maximum absolute atomic E-state index is 10.7. The predicted octanol–water partition coefficient (Wildman–Crippen LogP) is 3.96. The van der Waals surface area contributed by atoms with E-state index in [4.69, 9.17) is 9.84 Å². The summed E-state index contributed by atoms with van der Waals surface area (Å²) in [6.45, 7) is 2.56. The Hall–Kier alpha value is -1.87. The van der Waals surface area contributed by atoms with Gasteiger partial charge in [-0.15, -0.1) is 0 Å². The van der Waals surface area contributed by atoms with Crippen molar-refractivity contribution in [1.82, 2.24) is 0 Å². The summed E-state index contributed by atoms with van der Waals surface area (Å²) in [6.07, 6.45) is 9.24. The number of carboxylic acids is 1. The van der Waals surface area contributed by atoms with Gasteiger partial charge in [-0.3, -0.25) is 4.79 Å². The fourth-order valence-corrected chi connectivity index (χ4v) is 1.68. The predicted molar refractivity (Wildman–Crippen MR) is 80.5 cm³/mol. The Bertz CT molecular complexity index is 435. The Balaban J connectivity index is 2.50. The Morgan fingerprint density at radius 2 is 2.05 bits per heavy atom. The second-order valence-electron chi connectivity index (χ2n) is 4.49. The van der Waals surface area contributed by atoms with Gasteiger partial charge in [0.15, 0.2) is 0 Å². The highest BCUT2D eigenvalue weighted by Crippen LogP contribution is 2.09. The largest absolute Gasteiger partial charge is 0.481 e. The molecule has 108 valence electrons. The second-order valence-corrected chi connectivity index (χ2v) is 4.49. The molecule has 3 nitrogen and oxygen atoms in total. The van der Waals surface area contributed by atoms with E-state index in [1.54, 1.807) is 0 Å². The highest BCUT2D eigenvalue weighted by Gasteiger charge is 2.08. The van der Waals surface area contributed by atoms with Gasteiger partial charge >= 0.3 is 5.97 Å². The zero-order chi connectivity index (χ0) is 14.6. The van der Waals surface area contributed by atoms with Crippen molar-refractivity contribution >= 4 is 5.97 Å². The van der Waals surface area contributed by atoms with Crippen LogP contribution in [0, 0.1) is 0 Å². The van der Waals surface area contributed by atoms with Gasteiger partial charge in [-0.1, -0.05) is 61.6 Å². The molecule has 20 heavy (non-hydrogen) atoms. The molecule has 0 saturated heterocycles. The Kier molecular flexibility index (Phi) is 8.08. The molecular formula is C17H22O3. The molecule has 0 saturated carbocycles. The SMILES string of the molecule is CC/C=C/C=C/[C@H](CCC(=O)O)OCc1ccccc1. The number of carboxylic acid groups (broad SMARTS) is 1. The summed E-state index contributed by atoms with van der Waals surface area (Å²) in [5.41, 5.74) is 1.09. The number of hydrogen-bond acceptors (Lipinski definition) is 2. The molecule has 1 aromatic rings. The Morgan fingerprint density at radius 3 is 2.70 bits per heavy atom. The standard InChI is InChI=1S/C17H22O3/c1-2-3-4-8-11-16(12-13-17(18)19)20-14-15-9-6-5-7-10-15/h3-11,16H,2,12-14H2,1H3,(H,18,19)/b4-3+,11-8+/t16-/m1/s1. The van der Waals surface area contributed by atoms with E-state index in [0.717, 1.165) is 12.0 Å². The number of carbonyl (C=O) groups is 1. The maximum Gasteiger partial charge on any atom is 0.303 e. The molecule has 0 spiro atoms. The van der Waals surface area contributed by atoms with Gasteiger partial charge in [0.1, 0.15) is 0 Å². The lowest BCUT2D eigenvalue weighted by atomic mass is 10.1. The monoisotopic (exact) mass is 274 g/mol. The molecule has 0 heterocycles. The van der Waals surface area contributed by atoms with Gasteiger partial charge in [-0.25, -0.2) is 0 Å². The third-order valence-corrected chi connectivity index (χ3v) is 2.76. The van der Waals surface area contributed by atoms with Crippen molar-refractivity contribution in [1.29, 1.82) is 0 Å². The number of hydrogen-bond donors (Lipinski definition) is 1. The molecule has 1 atom stereocenters. The van der Waals surface area contributed by atoms with Gasteiger partial charge in [0.05, 0.1) is 12.7 Å². The van der Waals surface area contributed by atoms with Gasteiger partial charge in [-0.05, 0) is 18.4 Å². The number of allylic oxidation sites excluding steroid dienone is 3. The van der Waals surface area contributed by atoms with Crippen LogP contribution in [0.15, 0.2) is 54.6 Å². The van der Waals surface area contributed by atoms with Crippen molar-refractivity contribution in [2.24, 2.45) is 0 Å². The van der Waals surface area contributed by atoms with Crippen molar-refractivity contribution in [2.45, 2.75) is 38.9 Å². The fourth-order valence-electron chi connectivity index (χ4n) is 1.68. The minimum absolute atomic E-state index is 0.112. The first-order valence-electron chi connectivity index (χ1n) is 6.93. The quantitative estimate of drug-likeness (QED) is 0.693.